The van der Waals surface area contributed by atoms with E-state index in [1.54, 1.807) is 0 Å². The molecule has 0 aromatic rings. The minimum Gasteiger partial charge on any atom is -0.756 e. The Morgan fingerprint density at radius 1 is 1.43 bits per heavy atom. The Balaban J connectivity index is 3.78. The summed E-state index contributed by atoms with van der Waals surface area (Å²) < 4.78 is 20.5. The Labute approximate surface area is 84.8 Å². The minimum absolute atomic E-state index is 0.0921. The number of hydrogen-bond donors (Lipinski definition) is 0. The van der Waals surface area contributed by atoms with Crippen molar-refractivity contribution in [2.75, 3.05) is 40.9 Å². The van der Waals surface area contributed by atoms with Crippen molar-refractivity contribution in [2.45, 2.75) is 0 Å². The van der Waals surface area contributed by atoms with Crippen molar-refractivity contribution in [3.8, 4) is 12.3 Å². The fourth-order valence-corrected chi connectivity index (χ4v) is 1.19. The van der Waals surface area contributed by atoms with E-state index >= 15 is 0 Å². The van der Waals surface area contributed by atoms with Crippen LogP contribution >= 0.6 is 7.82 Å². The second-order valence-electron chi connectivity index (χ2n) is 3.77. The number of phosphoric ester groups is 1. The van der Waals surface area contributed by atoms with Crippen LogP contribution in [0.1, 0.15) is 0 Å². The van der Waals surface area contributed by atoms with E-state index in [0.717, 1.165) is 0 Å². The van der Waals surface area contributed by atoms with Gasteiger partial charge in [0.1, 0.15) is 19.8 Å². The molecule has 5 nitrogen and oxygen atoms in total. The molecule has 0 rings (SSSR count). The third-order valence-electron chi connectivity index (χ3n) is 1.32. The van der Waals surface area contributed by atoms with Gasteiger partial charge in [0.2, 0.25) is 0 Å². The minimum atomic E-state index is -4.20. The first kappa shape index (κ1) is 13.6. The molecule has 0 bridgehead atoms. The van der Waals surface area contributed by atoms with Gasteiger partial charge in [0.25, 0.3) is 7.82 Å². The van der Waals surface area contributed by atoms with Crippen LogP contribution < -0.4 is 4.89 Å². The average molecular weight is 221 g/mol. The number of rotatable bonds is 6. The molecule has 0 aromatic carbocycles. The Bertz CT molecular complexity index is 253. The van der Waals surface area contributed by atoms with E-state index in [9.17, 15) is 9.46 Å². The van der Waals surface area contributed by atoms with Crippen LogP contribution in [0.4, 0.5) is 0 Å². The molecule has 82 valence electrons. The lowest BCUT2D eigenvalue weighted by Crippen LogP contribution is -2.37. The van der Waals surface area contributed by atoms with Gasteiger partial charge >= 0.3 is 0 Å². The molecule has 0 radical (unpaired) electrons. The molecule has 0 N–H and O–H groups in total. The second-order valence-corrected chi connectivity index (χ2v) is 5.18. The summed E-state index contributed by atoms with van der Waals surface area (Å²) in [5, 5.41) is 0. The summed E-state index contributed by atoms with van der Waals surface area (Å²) in [5.74, 6) is 2.05. The lowest BCUT2D eigenvalue weighted by atomic mass is 10.5. The number of phosphoric acid groups is 1. The lowest BCUT2D eigenvalue weighted by Gasteiger charge is -2.26. The number of quaternary nitrogens is 1. The van der Waals surface area contributed by atoms with E-state index in [1.807, 2.05) is 21.1 Å². The Hall–Kier alpha value is -0.370. The highest BCUT2D eigenvalue weighted by molar-refractivity contribution is 7.45. The molecule has 1 atom stereocenters. The zero-order valence-corrected chi connectivity index (χ0v) is 9.62. The van der Waals surface area contributed by atoms with Gasteiger partial charge in [0.05, 0.1) is 21.1 Å². The van der Waals surface area contributed by atoms with Gasteiger partial charge in [-0.2, -0.15) is 0 Å². The Morgan fingerprint density at radius 2 is 2.00 bits per heavy atom. The van der Waals surface area contributed by atoms with Gasteiger partial charge in [-0.05, 0) is 0 Å². The van der Waals surface area contributed by atoms with Crippen molar-refractivity contribution in [2.24, 2.45) is 0 Å². The second kappa shape index (κ2) is 5.50. The maximum Gasteiger partial charge on any atom is 0.269 e. The van der Waals surface area contributed by atoms with E-state index in [0.29, 0.717) is 11.0 Å². The van der Waals surface area contributed by atoms with Crippen molar-refractivity contribution in [1.29, 1.82) is 0 Å². The highest BCUT2D eigenvalue weighted by Crippen LogP contribution is 2.37. The zero-order chi connectivity index (χ0) is 11.2. The number of hydrogen-bond acceptors (Lipinski definition) is 4. The van der Waals surface area contributed by atoms with Crippen LogP contribution in [0, 0.1) is 12.3 Å². The molecule has 0 amide bonds. The number of likely N-dealkylation sites (N-methyl/N-ethyl adjacent to an activating group) is 1. The first-order valence-electron chi connectivity index (χ1n) is 4.11. The third-order valence-corrected chi connectivity index (χ3v) is 2.26. The number of nitrogens with zero attached hydrogens (tertiary/aromatic N) is 1. The molecule has 0 aliphatic rings. The molecule has 0 aliphatic carbocycles. The highest BCUT2D eigenvalue weighted by Gasteiger charge is 2.12. The largest absolute Gasteiger partial charge is 0.756 e. The zero-order valence-electron chi connectivity index (χ0n) is 8.73. The van der Waals surface area contributed by atoms with Crippen molar-refractivity contribution in [3.05, 3.63) is 0 Å². The summed E-state index contributed by atoms with van der Waals surface area (Å²) in [5.41, 5.74) is 0. The van der Waals surface area contributed by atoms with Gasteiger partial charge in [-0.3, -0.25) is 4.57 Å². The summed E-state index contributed by atoms with van der Waals surface area (Å²) in [6, 6.07) is 0. The van der Waals surface area contributed by atoms with Gasteiger partial charge in [0.15, 0.2) is 0 Å². The fraction of sp³-hybridized carbons (Fsp3) is 0.750. The van der Waals surface area contributed by atoms with Gasteiger partial charge in [-0.1, -0.05) is 5.92 Å². The molecule has 1 unspecified atom stereocenters. The topological polar surface area (TPSA) is 58.6 Å². The van der Waals surface area contributed by atoms with Crippen LogP contribution in [0.15, 0.2) is 0 Å². The normalized spacial score (nSPS) is 15.9. The maximum atomic E-state index is 11.0. The monoisotopic (exact) mass is 221 g/mol. The molecular weight excluding hydrogens is 205 g/mol. The average Bonchev–Trinajstić information content (AvgIpc) is 1.98. The van der Waals surface area contributed by atoms with Gasteiger partial charge in [0, 0.05) is 0 Å². The Kier molecular flexibility index (Phi) is 5.35. The third kappa shape index (κ3) is 8.24. The van der Waals surface area contributed by atoms with E-state index in [1.165, 1.54) is 0 Å². The number of terminal acetylenes is 1. The molecule has 14 heavy (non-hydrogen) atoms. The predicted octanol–water partition coefficient (Wildman–Crippen LogP) is -0.173. The molecule has 0 saturated carbocycles. The van der Waals surface area contributed by atoms with Crippen molar-refractivity contribution in [3.63, 3.8) is 0 Å². The standard InChI is InChI=1S/C8H16NO4P/c1-5-7-12-14(10,11)13-8-6-9(2,3)4/h1H,6-8H2,2-4H3. The quantitative estimate of drug-likeness (QED) is 0.355. The summed E-state index contributed by atoms with van der Waals surface area (Å²) >= 11 is 0. The maximum absolute atomic E-state index is 11.0. The molecule has 6 heteroatoms. The molecule has 0 saturated heterocycles. The fourth-order valence-electron chi connectivity index (χ4n) is 0.580. The predicted molar refractivity (Wildman–Crippen MR) is 51.2 cm³/mol. The summed E-state index contributed by atoms with van der Waals surface area (Å²) in [6.07, 6.45) is 4.84. The lowest BCUT2D eigenvalue weighted by molar-refractivity contribution is -0.870. The van der Waals surface area contributed by atoms with Gasteiger partial charge in [-0.25, -0.2) is 0 Å². The molecule has 0 aromatic heterocycles. The van der Waals surface area contributed by atoms with E-state index < -0.39 is 7.82 Å². The Morgan fingerprint density at radius 3 is 2.43 bits per heavy atom. The van der Waals surface area contributed by atoms with Crippen LogP contribution in [0.25, 0.3) is 0 Å². The van der Waals surface area contributed by atoms with Crippen molar-refractivity contribution >= 4 is 7.82 Å². The van der Waals surface area contributed by atoms with E-state index in [-0.39, 0.29) is 13.2 Å². The van der Waals surface area contributed by atoms with Crippen molar-refractivity contribution in [1.82, 2.24) is 0 Å². The van der Waals surface area contributed by atoms with Gasteiger partial charge < -0.3 is 18.4 Å². The van der Waals surface area contributed by atoms with E-state index in [4.69, 9.17) is 6.42 Å². The van der Waals surface area contributed by atoms with Gasteiger partial charge in [-0.15, -0.1) is 6.42 Å². The summed E-state index contributed by atoms with van der Waals surface area (Å²) in [6.45, 7) is 0.381. The molecular formula is C8H16NO4P. The molecule has 0 aliphatic heterocycles. The SMILES string of the molecule is C#CCOP(=O)([O-])OCC[N+](C)(C)C. The molecule has 0 fully saturated rings. The highest BCUT2D eigenvalue weighted by atomic mass is 31.2. The van der Waals surface area contributed by atoms with Crippen LogP contribution in [0.5, 0.6) is 0 Å². The van der Waals surface area contributed by atoms with Crippen LogP contribution in [-0.2, 0) is 13.6 Å². The summed E-state index contributed by atoms with van der Waals surface area (Å²) in [4.78, 5) is 11.0. The first-order chi connectivity index (χ1) is 6.27. The first-order valence-corrected chi connectivity index (χ1v) is 5.57. The van der Waals surface area contributed by atoms with Crippen LogP contribution in [-0.4, -0.2) is 45.4 Å². The molecule has 0 spiro atoms. The van der Waals surface area contributed by atoms with Crippen LogP contribution in [0.3, 0.4) is 0 Å². The molecule has 0 heterocycles. The van der Waals surface area contributed by atoms with E-state index in [2.05, 4.69) is 15.0 Å². The van der Waals surface area contributed by atoms with Crippen molar-refractivity contribution < 1.29 is 23.0 Å². The smallest absolute Gasteiger partial charge is 0.269 e. The summed E-state index contributed by atoms with van der Waals surface area (Å²) in [7, 11) is 1.60. The van der Waals surface area contributed by atoms with Crippen LogP contribution in [0.2, 0.25) is 0 Å².